The second kappa shape index (κ2) is 8.19. The molecule has 160 valence electrons. The molecule has 3 aliphatic rings. The molecule has 1 aliphatic carbocycles. The van der Waals surface area contributed by atoms with Crippen LogP contribution in [0.2, 0.25) is 0 Å². The van der Waals surface area contributed by atoms with E-state index in [4.69, 9.17) is 4.74 Å². The third-order valence-corrected chi connectivity index (χ3v) is 6.52. The van der Waals surface area contributed by atoms with Gasteiger partial charge in [-0.1, -0.05) is 36.9 Å². The van der Waals surface area contributed by atoms with Crippen LogP contribution in [0.5, 0.6) is 5.75 Å². The molecule has 0 bridgehead atoms. The fourth-order valence-electron chi connectivity index (χ4n) is 4.57. The molecule has 2 fully saturated rings. The molecule has 6 heteroatoms. The SMILES string of the molecule is C=C1CCC(N2Cc3cc(O[C@H]4CC[C@H]4NCc4ccccc4)ccc3C2=O)C(=O)N1. The molecule has 2 aromatic rings. The van der Waals surface area contributed by atoms with E-state index >= 15 is 0 Å². The van der Waals surface area contributed by atoms with Gasteiger partial charge in [-0.05, 0) is 55.0 Å². The summed E-state index contributed by atoms with van der Waals surface area (Å²) in [7, 11) is 0. The normalized spacial score (nSPS) is 25.1. The number of amides is 2. The zero-order chi connectivity index (χ0) is 21.4. The smallest absolute Gasteiger partial charge is 0.255 e. The van der Waals surface area contributed by atoms with Gasteiger partial charge in [0, 0.05) is 30.4 Å². The van der Waals surface area contributed by atoms with Crippen LogP contribution in [0.4, 0.5) is 0 Å². The van der Waals surface area contributed by atoms with Crippen molar-refractivity contribution in [2.24, 2.45) is 0 Å². The van der Waals surface area contributed by atoms with Crippen LogP contribution in [0.15, 0.2) is 60.8 Å². The minimum absolute atomic E-state index is 0.0831. The fraction of sp³-hybridized carbons (Fsp3) is 0.360. The lowest BCUT2D eigenvalue weighted by Crippen LogP contribution is -2.50. The van der Waals surface area contributed by atoms with Crippen LogP contribution in [0.3, 0.4) is 0 Å². The van der Waals surface area contributed by atoms with Gasteiger partial charge in [0.05, 0.1) is 0 Å². The van der Waals surface area contributed by atoms with Crippen molar-refractivity contribution in [1.29, 1.82) is 0 Å². The summed E-state index contributed by atoms with van der Waals surface area (Å²) in [4.78, 5) is 26.9. The highest BCUT2D eigenvalue weighted by Crippen LogP contribution is 2.33. The molecule has 2 aliphatic heterocycles. The molecule has 1 saturated carbocycles. The van der Waals surface area contributed by atoms with Crippen LogP contribution in [-0.4, -0.2) is 34.9 Å². The van der Waals surface area contributed by atoms with Gasteiger partial charge in [0.15, 0.2) is 0 Å². The number of ether oxygens (including phenoxy) is 1. The van der Waals surface area contributed by atoms with E-state index in [1.54, 1.807) is 4.90 Å². The molecule has 31 heavy (non-hydrogen) atoms. The molecule has 2 aromatic carbocycles. The van der Waals surface area contributed by atoms with Gasteiger partial charge in [-0.15, -0.1) is 0 Å². The van der Waals surface area contributed by atoms with E-state index < -0.39 is 6.04 Å². The summed E-state index contributed by atoms with van der Waals surface area (Å²) in [5, 5.41) is 6.36. The van der Waals surface area contributed by atoms with Crippen molar-refractivity contribution in [2.45, 2.75) is 57.0 Å². The minimum Gasteiger partial charge on any atom is -0.489 e. The van der Waals surface area contributed by atoms with E-state index in [1.807, 2.05) is 36.4 Å². The Balaban J connectivity index is 1.21. The Kier molecular flexibility index (Phi) is 5.24. The van der Waals surface area contributed by atoms with E-state index in [9.17, 15) is 9.59 Å². The summed E-state index contributed by atoms with van der Waals surface area (Å²) in [6.45, 7) is 5.09. The Morgan fingerprint density at radius 2 is 1.94 bits per heavy atom. The highest BCUT2D eigenvalue weighted by atomic mass is 16.5. The number of carbonyl (C=O) groups excluding carboxylic acids is 2. The lowest BCUT2D eigenvalue weighted by atomic mass is 9.88. The number of rotatable bonds is 6. The molecule has 1 saturated heterocycles. The van der Waals surface area contributed by atoms with E-state index in [2.05, 4.69) is 29.3 Å². The summed E-state index contributed by atoms with van der Waals surface area (Å²) in [5.74, 6) is 0.557. The number of carbonyl (C=O) groups is 2. The first kappa shape index (κ1) is 19.8. The average molecular weight is 418 g/mol. The predicted molar refractivity (Wildman–Crippen MR) is 117 cm³/mol. The summed E-state index contributed by atoms with van der Waals surface area (Å²) in [6.07, 6.45) is 3.55. The van der Waals surface area contributed by atoms with Crippen molar-refractivity contribution < 1.29 is 14.3 Å². The molecule has 0 radical (unpaired) electrons. The molecule has 6 nitrogen and oxygen atoms in total. The summed E-state index contributed by atoms with van der Waals surface area (Å²) in [6, 6.07) is 15.9. The van der Waals surface area contributed by atoms with E-state index in [0.717, 1.165) is 36.4 Å². The largest absolute Gasteiger partial charge is 0.489 e. The van der Waals surface area contributed by atoms with E-state index in [1.165, 1.54) is 5.56 Å². The third kappa shape index (κ3) is 3.95. The van der Waals surface area contributed by atoms with Gasteiger partial charge >= 0.3 is 0 Å². The van der Waals surface area contributed by atoms with Crippen molar-refractivity contribution in [3.63, 3.8) is 0 Å². The summed E-state index contributed by atoms with van der Waals surface area (Å²) in [5.41, 5.74) is 3.57. The monoisotopic (exact) mass is 417 g/mol. The molecule has 0 aromatic heterocycles. The molecule has 2 amide bonds. The summed E-state index contributed by atoms with van der Waals surface area (Å²) >= 11 is 0. The van der Waals surface area contributed by atoms with Crippen molar-refractivity contribution in [2.75, 3.05) is 0 Å². The Morgan fingerprint density at radius 3 is 2.68 bits per heavy atom. The fourth-order valence-corrected chi connectivity index (χ4v) is 4.57. The number of nitrogens with one attached hydrogen (secondary N) is 2. The second-order valence-electron chi connectivity index (χ2n) is 8.61. The second-order valence-corrected chi connectivity index (χ2v) is 8.61. The number of fused-ring (bicyclic) bond motifs is 1. The highest BCUT2D eigenvalue weighted by Gasteiger charge is 2.38. The standard InChI is InChI=1S/C25H27N3O3/c1-16-7-11-22(24(29)27-16)28-15-18-13-19(8-9-20(18)25(28)30)31-23-12-10-21(23)26-14-17-5-3-2-4-6-17/h2-6,8-9,13,21-23,26H,1,7,10-12,14-15H2,(H,27,29)/t21-,22?,23+/m1/s1. The number of hydrogen-bond donors (Lipinski definition) is 2. The summed E-state index contributed by atoms with van der Waals surface area (Å²) < 4.78 is 6.24. The first-order valence-electron chi connectivity index (χ1n) is 10.9. The lowest BCUT2D eigenvalue weighted by molar-refractivity contribution is -0.126. The van der Waals surface area contributed by atoms with Crippen LogP contribution < -0.4 is 15.4 Å². The Morgan fingerprint density at radius 1 is 1.10 bits per heavy atom. The minimum atomic E-state index is -0.437. The van der Waals surface area contributed by atoms with Gasteiger partial charge < -0.3 is 20.3 Å². The maximum Gasteiger partial charge on any atom is 0.255 e. The number of benzene rings is 2. The van der Waals surface area contributed by atoms with Crippen molar-refractivity contribution in [3.05, 3.63) is 77.5 Å². The number of allylic oxidation sites excluding steroid dienone is 1. The van der Waals surface area contributed by atoms with Crippen LogP contribution in [0.1, 0.15) is 47.2 Å². The number of nitrogens with zero attached hydrogens (tertiary/aromatic N) is 1. The van der Waals surface area contributed by atoms with Crippen LogP contribution in [0.25, 0.3) is 0 Å². The Bertz CT molecular complexity index is 1020. The van der Waals surface area contributed by atoms with Crippen LogP contribution >= 0.6 is 0 Å². The molecule has 2 N–H and O–H groups in total. The first-order valence-corrected chi connectivity index (χ1v) is 10.9. The zero-order valence-corrected chi connectivity index (χ0v) is 17.5. The van der Waals surface area contributed by atoms with Gasteiger partial charge in [0.25, 0.3) is 5.91 Å². The van der Waals surface area contributed by atoms with Gasteiger partial charge in [-0.25, -0.2) is 0 Å². The highest BCUT2D eigenvalue weighted by molar-refractivity contribution is 6.01. The molecule has 5 rings (SSSR count). The van der Waals surface area contributed by atoms with E-state index in [-0.39, 0.29) is 17.9 Å². The van der Waals surface area contributed by atoms with Gasteiger partial charge in [0.2, 0.25) is 5.91 Å². The molecular weight excluding hydrogens is 390 g/mol. The van der Waals surface area contributed by atoms with Gasteiger partial charge in [0.1, 0.15) is 17.9 Å². The molecule has 0 spiro atoms. The zero-order valence-electron chi connectivity index (χ0n) is 17.5. The quantitative estimate of drug-likeness (QED) is 0.758. The maximum atomic E-state index is 12.9. The first-order chi connectivity index (χ1) is 15.1. The number of piperidine rings is 1. The third-order valence-electron chi connectivity index (χ3n) is 6.52. The van der Waals surface area contributed by atoms with Crippen molar-refractivity contribution >= 4 is 11.8 Å². The van der Waals surface area contributed by atoms with Gasteiger partial charge in [-0.3, -0.25) is 9.59 Å². The predicted octanol–water partition coefficient (Wildman–Crippen LogP) is 3.13. The average Bonchev–Trinajstić information content (AvgIpc) is 3.08. The molecule has 2 heterocycles. The van der Waals surface area contributed by atoms with E-state index in [0.29, 0.717) is 31.0 Å². The van der Waals surface area contributed by atoms with Crippen LogP contribution in [-0.2, 0) is 17.9 Å². The van der Waals surface area contributed by atoms with Crippen molar-refractivity contribution in [3.8, 4) is 5.75 Å². The van der Waals surface area contributed by atoms with Crippen LogP contribution in [0, 0.1) is 0 Å². The topological polar surface area (TPSA) is 70.7 Å². The Hall–Kier alpha value is -3.12. The molecule has 3 atom stereocenters. The van der Waals surface area contributed by atoms with Gasteiger partial charge in [-0.2, -0.15) is 0 Å². The molecular formula is C25H27N3O3. The Labute approximate surface area is 182 Å². The maximum absolute atomic E-state index is 12.9. The van der Waals surface area contributed by atoms with Crippen molar-refractivity contribution in [1.82, 2.24) is 15.5 Å². The number of hydrogen-bond acceptors (Lipinski definition) is 4. The lowest BCUT2D eigenvalue weighted by Gasteiger charge is -2.37. The molecule has 1 unspecified atom stereocenters.